The number of hydrogen-bond acceptors (Lipinski definition) is 6. The Balaban J connectivity index is 1.63. The number of ether oxygens (including phenoxy) is 1. The van der Waals surface area contributed by atoms with Gasteiger partial charge in [-0.05, 0) is 38.1 Å². The predicted octanol–water partition coefficient (Wildman–Crippen LogP) is 1.95. The normalized spacial score (nSPS) is 16.8. The van der Waals surface area contributed by atoms with E-state index in [1.807, 2.05) is 24.1 Å². The van der Waals surface area contributed by atoms with E-state index in [0.717, 1.165) is 44.7 Å². The molecule has 0 unspecified atom stereocenters. The average Bonchev–Trinajstić information content (AvgIpc) is 3.07. The Morgan fingerprint density at radius 2 is 1.78 bits per heavy atom. The van der Waals surface area contributed by atoms with E-state index >= 15 is 0 Å². The van der Waals surface area contributed by atoms with E-state index in [0.29, 0.717) is 30.8 Å². The van der Waals surface area contributed by atoms with E-state index < -0.39 is 0 Å². The fraction of sp³-hybridized carbons (Fsp3) is 0.625. The summed E-state index contributed by atoms with van der Waals surface area (Å²) in [6, 6.07) is 5.45. The molecule has 0 aliphatic carbocycles. The number of carbonyl (C=O) groups is 3. The molecule has 0 radical (unpaired) electrons. The van der Waals surface area contributed by atoms with E-state index in [2.05, 4.69) is 23.6 Å². The van der Waals surface area contributed by atoms with Crippen LogP contribution in [0, 0.1) is 5.92 Å². The molecule has 3 rings (SSSR count). The summed E-state index contributed by atoms with van der Waals surface area (Å²) in [5.74, 6) is -0.317. The Kier molecular flexibility index (Phi) is 8.26. The highest BCUT2D eigenvalue weighted by Crippen LogP contribution is 2.34. The van der Waals surface area contributed by atoms with Crippen molar-refractivity contribution in [1.82, 2.24) is 14.7 Å². The van der Waals surface area contributed by atoms with E-state index in [-0.39, 0.29) is 30.2 Å². The van der Waals surface area contributed by atoms with E-state index in [1.54, 1.807) is 13.2 Å². The number of hydrogen-bond donors (Lipinski definition) is 0. The standard InChI is InChI=1S/C24H36N4O4/c1-5-26(6-2)15-14-25(3)22(29)18-10-12-27(13-11-18)20-9-7-8-19-21(20)24(31)28(23(19)30)16-17-32-4/h7-9,18H,5-6,10-17H2,1-4H3. The Morgan fingerprint density at radius 3 is 2.41 bits per heavy atom. The summed E-state index contributed by atoms with van der Waals surface area (Å²) in [6.07, 6.45) is 1.49. The van der Waals surface area contributed by atoms with Gasteiger partial charge in [-0.3, -0.25) is 19.3 Å². The lowest BCUT2D eigenvalue weighted by atomic mass is 9.94. The van der Waals surface area contributed by atoms with Crippen molar-refractivity contribution in [3.63, 3.8) is 0 Å². The Morgan fingerprint density at radius 1 is 1.09 bits per heavy atom. The Labute approximate surface area is 191 Å². The molecule has 8 nitrogen and oxygen atoms in total. The van der Waals surface area contributed by atoms with Crippen LogP contribution in [-0.4, -0.2) is 99.0 Å². The van der Waals surface area contributed by atoms with Crippen LogP contribution in [0.4, 0.5) is 5.69 Å². The second-order valence-corrected chi connectivity index (χ2v) is 8.50. The highest BCUT2D eigenvalue weighted by Gasteiger charge is 2.39. The quantitative estimate of drug-likeness (QED) is 0.514. The van der Waals surface area contributed by atoms with Crippen LogP contribution in [0.25, 0.3) is 0 Å². The molecule has 2 aliphatic heterocycles. The molecule has 0 spiro atoms. The van der Waals surface area contributed by atoms with Crippen LogP contribution in [0.5, 0.6) is 0 Å². The summed E-state index contributed by atoms with van der Waals surface area (Å²) in [4.78, 5) is 46.2. The number of nitrogens with zero attached hydrogens (tertiary/aromatic N) is 4. The highest BCUT2D eigenvalue weighted by molar-refractivity contribution is 6.23. The van der Waals surface area contributed by atoms with E-state index in [4.69, 9.17) is 4.74 Å². The molecule has 1 aromatic rings. The highest BCUT2D eigenvalue weighted by atomic mass is 16.5. The summed E-state index contributed by atoms with van der Waals surface area (Å²) < 4.78 is 5.05. The van der Waals surface area contributed by atoms with Crippen LogP contribution in [0.3, 0.4) is 0 Å². The van der Waals surface area contributed by atoms with Gasteiger partial charge in [0, 0.05) is 46.3 Å². The second kappa shape index (κ2) is 10.9. The summed E-state index contributed by atoms with van der Waals surface area (Å²) in [5.41, 5.74) is 1.73. The molecule has 0 N–H and O–H groups in total. The zero-order chi connectivity index (χ0) is 23.3. The molecule has 0 bridgehead atoms. The van der Waals surface area contributed by atoms with Gasteiger partial charge in [-0.1, -0.05) is 19.9 Å². The number of amides is 3. The molecular weight excluding hydrogens is 408 g/mol. The fourth-order valence-electron chi connectivity index (χ4n) is 4.59. The molecule has 2 heterocycles. The van der Waals surface area contributed by atoms with Crippen molar-refractivity contribution in [3.8, 4) is 0 Å². The SMILES string of the molecule is CCN(CC)CCN(C)C(=O)C1CCN(c2cccc3c2C(=O)N(CCOC)C3=O)CC1. The van der Waals surface area contributed by atoms with Crippen LogP contribution in [0.15, 0.2) is 18.2 Å². The first-order valence-corrected chi connectivity index (χ1v) is 11.6. The molecule has 32 heavy (non-hydrogen) atoms. The maximum Gasteiger partial charge on any atom is 0.263 e. The van der Waals surface area contributed by atoms with E-state index in [1.165, 1.54) is 4.90 Å². The zero-order valence-electron chi connectivity index (χ0n) is 19.8. The summed E-state index contributed by atoms with van der Waals surface area (Å²) in [7, 11) is 3.44. The van der Waals surface area contributed by atoms with E-state index in [9.17, 15) is 14.4 Å². The average molecular weight is 445 g/mol. The van der Waals surface area contributed by atoms with Crippen molar-refractivity contribution < 1.29 is 19.1 Å². The summed E-state index contributed by atoms with van der Waals surface area (Å²) in [5, 5.41) is 0. The van der Waals surface area contributed by atoms with Crippen molar-refractivity contribution in [2.24, 2.45) is 5.92 Å². The number of imide groups is 1. The molecule has 1 saturated heterocycles. The number of fused-ring (bicyclic) bond motifs is 1. The first-order chi connectivity index (χ1) is 15.4. The number of likely N-dealkylation sites (N-methyl/N-ethyl adjacent to an activating group) is 2. The van der Waals surface area contributed by atoms with Gasteiger partial charge >= 0.3 is 0 Å². The molecule has 0 saturated carbocycles. The Hall–Kier alpha value is -2.45. The van der Waals surface area contributed by atoms with Crippen LogP contribution in [-0.2, 0) is 9.53 Å². The molecule has 8 heteroatoms. The van der Waals surface area contributed by atoms with Crippen molar-refractivity contribution >= 4 is 23.4 Å². The van der Waals surface area contributed by atoms with Gasteiger partial charge < -0.3 is 19.4 Å². The Bertz CT molecular complexity index is 831. The third kappa shape index (κ3) is 4.96. The second-order valence-electron chi connectivity index (χ2n) is 8.50. The van der Waals surface area contributed by atoms with Crippen molar-refractivity contribution in [1.29, 1.82) is 0 Å². The fourth-order valence-corrected chi connectivity index (χ4v) is 4.59. The molecule has 0 aromatic heterocycles. The monoisotopic (exact) mass is 444 g/mol. The van der Waals surface area contributed by atoms with Gasteiger partial charge in [0.05, 0.1) is 30.0 Å². The first kappa shape index (κ1) is 24.2. The van der Waals surface area contributed by atoms with Crippen LogP contribution < -0.4 is 4.90 Å². The van der Waals surface area contributed by atoms with Gasteiger partial charge in [0.25, 0.3) is 11.8 Å². The van der Waals surface area contributed by atoms with Gasteiger partial charge in [-0.15, -0.1) is 0 Å². The van der Waals surface area contributed by atoms with Crippen molar-refractivity contribution in [3.05, 3.63) is 29.3 Å². The predicted molar refractivity (Wildman–Crippen MR) is 124 cm³/mol. The molecule has 176 valence electrons. The van der Waals surface area contributed by atoms with Gasteiger partial charge in [-0.25, -0.2) is 0 Å². The number of anilines is 1. The van der Waals surface area contributed by atoms with Gasteiger partial charge in [-0.2, -0.15) is 0 Å². The zero-order valence-corrected chi connectivity index (χ0v) is 19.8. The molecule has 1 aromatic carbocycles. The maximum atomic E-state index is 13.0. The lowest BCUT2D eigenvalue weighted by Crippen LogP contribution is -2.43. The third-order valence-electron chi connectivity index (χ3n) is 6.70. The number of benzene rings is 1. The van der Waals surface area contributed by atoms with Crippen molar-refractivity contribution in [2.75, 3.05) is 71.5 Å². The maximum absolute atomic E-state index is 13.0. The smallest absolute Gasteiger partial charge is 0.263 e. The molecule has 0 atom stereocenters. The van der Waals surface area contributed by atoms with Crippen LogP contribution in [0.2, 0.25) is 0 Å². The molecule has 2 aliphatic rings. The first-order valence-electron chi connectivity index (χ1n) is 11.6. The van der Waals surface area contributed by atoms with Crippen LogP contribution in [0.1, 0.15) is 47.4 Å². The number of carbonyl (C=O) groups excluding carboxylic acids is 3. The minimum Gasteiger partial charge on any atom is -0.383 e. The molecule has 3 amide bonds. The van der Waals surface area contributed by atoms with Gasteiger partial charge in [0.2, 0.25) is 5.91 Å². The largest absolute Gasteiger partial charge is 0.383 e. The lowest BCUT2D eigenvalue weighted by Gasteiger charge is -2.35. The molecule has 1 fully saturated rings. The number of rotatable bonds is 10. The summed E-state index contributed by atoms with van der Waals surface area (Å²) >= 11 is 0. The third-order valence-corrected chi connectivity index (χ3v) is 6.70. The topological polar surface area (TPSA) is 73.4 Å². The minimum absolute atomic E-state index is 0.000230. The summed E-state index contributed by atoms with van der Waals surface area (Å²) in [6.45, 7) is 9.82. The van der Waals surface area contributed by atoms with Gasteiger partial charge in [0.1, 0.15) is 0 Å². The number of methoxy groups -OCH3 is 1. The van der Waals surface area contributed by atoms with Crippen molar-refractivity contribution in [2.45, 2.75) is 26.7 Å². The lowest BCUT2D eigenvalue weighted by molar-refractivity contribution is -0.135. The minimum atomic E-state index is -0.260. The van der Waals surface area contributed by atoms with Crippen LogP contribution >= 0.6 is 0 Å². The van der Waals surface area contributed by atoms with Gasteiger partial charge in [0.15, 0.2) is 0 Å². The molecular formula is C24H36N4O4. The number of piperidine rings is 1.